The van der Waals surface area contributed by atoms with E-state index in [2.05, 4.69) is 9.47 Å². The Bertz CT molecular complexity index is 193. The maximum absolute atomic E-state index is 10.4. The third-order valence-electron chi connectivity index (χ3n) is 1.50. The van der Waals surface area contributed by atoms with Gasteiger partial charge in [0.05, 0.1) is 12.2 Å². The largest absolute Gasteiger partial charge is 0.463 e. The molecule has 0 heterocycles. The summed E-state index contributed by atoms with van der Waals surface area (Å²) in [6, 6.07) is 0. The lowest BCUT2D eigenvalue weighted by molar-refractivity contribution is -0.146. The van der Waals surface area contributed by atoms with Crippen LogP contribution in [0.25, 0.3) is 0 Å². The third-order valence-corrected chi connectivity index (χ3v) is 1.50. The van der Waals surface area contributed by atoms with E-state index in [9.17, 15) is 19.8 Å². The summed E-state index contributed by atoms with van der Waals surface area (Å²) in [6.45, 7) is 2.10. The molecule has 0 aromatic carbocycles. The molecule has 88 valence electrons. The zero-order valence-electron chi connectivity index (χ0n) is 8.80. The molecule has 2 N–H and O–H groups in total. The summed E-state index contributed by atoms with van der Waals surface area (Å²) in [6.07, 6.45) is -1.93. The summed E-state index contributed by atoms with van der Waals surface area (Å²) in [4.78, 5) is 20.8. The number of aliphatic hydroxyl groups is 2. The molecule has 0 spiro atoms. The first-order chi connectivity index (χ1) is 6.91. The van der Waals surface area contributed by atoms with Crippen molar-refractivity contribution in [3.8, 4) is 0 Å². The Morgan fingerprint density at radius 2 is 1.33 bits per heavy atom. The monoisotopic (exact) mass is 220 g/mol. The molecule has 0 fully saturated rings. The van der Waals surface area contributed by atoms with Crippen LogP contribution in [0.4, 0.5) is 0 Å². The molecule has 0 aliphatic heterocycles. The van der Waals surface area contributed by atoms with Gasteiger partial charge in [-0.05, 0) is 0 Å². The van der Waals surface area contributed by atoms with Gasteiger partial charge in [-0.3, -0.25) is 9.59 Å². The van der Waals surface area contributed by atoms with E-state index in [-0.39, 0.29) is 19.6 Å². The molecular weight excluding hydrogens is 204 g/mol. The number of hydrogen-bond acceptors (Lipinski definition) is 6. The van der Waals surface area contributed by atoms with E-state index in [1.165, 1.54) is 13.8 Å². The van der Waals surface area contributed by atoms with Gasteiger partial charge in [0.15, 0.2) is 0 Å². The van der Waals surface area contributed by atoms with Gasteiger partial charge in [-0.15, -0.1) is 0 Å². The van der Waals surface area contributed by atoms with Crippen molar-refractivity contribution in [3.05, 3.63) is 0 Å². The van der Waals surface area contributed by atoms with E-state index in [1.54, 1.807) is 0 Å². The van der Waals surface area contributed by atoms with Crippen molar-refractivity contribution >= 4 is 11.9 Å². The zero-order chi connectivity index (χ0) is 11.8. The molecule has 0 amide bonds. The fourth-order valence-corrected chi connectivity index (χ4v) is 0.877. The van der Waals surface area contributed by atoms with Crippen molar-refractivity contribution in [1.82, 2.24) is 0 Å². The van der Waals surface area contributed by atoms with Crippen LogP contribution in [-0.4, -0.2) is 47.6 Å². The number of aliphatic hydroxyl groups excluding tert-OH is 2. The van der Waals surface area contributed by atoms with E-state index < -0.39 is 24.1 Å². The molecule has 6 nitrogen and oxygen atoms in total. The molecule has 0 saturated carbocycles. The van der Waals surface area contributed by atoms with Crippen LogP contribution in [0.2, 0.25) is 0 Å². The predicted octanol–water partition coefficient (Wildman–Crippen LogP) is -0.776. The van der Waals surface area contributed by atoms with Gasteiger partial charge in [-0.1, -0.05) is 0 Å². The van der Waals surface area contributed by atoms with Gasteiger partial charge in [0.2, 0.25) is 0 Å². The van der Waals surface area contributed by atoms with Crippen molar-refractivity contribution in [1.29, 1.82) is 0 Å². The first kappa shape index (κ1) is 13.9. The molecule has 0 aromatic rings. The van der Waals surface area contributed by atoms with Crippen LogP contribution in [0.3, 0.4) is 0 Å². The van der Waals surface area contributed by atoms with Crippen molar-refractivity contribution < 1.29 is 29.3 Å². The topological polar surface area (TPSA) is 93.1 Å². The van der Waals surface area contributed by atoms with Crippen molar-refractivity contribution in [3.63, 3.8) is 0 Å². The quantitative estimate of drug-likeness (QED) is 0.571. The van der Waals surface area contributed by atoms with E-state index in [4.69, 9.17) is 0 Å². The number of carbonyl (C=O) groups is 2. The molecule has 0 bridgehead atoms. The highest BCUT2D eigenvalue weighted by Crippen LogP contribution is 2.00. The molecule has 0 rings (SSSR count). The fraction of sp³-hybridized carbons (Fsp3) is 0.778. The SMILES string of the molecule is CC(=O)OC[C@@H](O)C[C@@H](O)COC(C)=O. The predicted molar refractivity (Wildman–Crippen MR) is 49.9 cm³/mol. The second-order valence-corrected chi connectivity index (χ2v) is 3.15. The van der Waals surface area contributed by atoms with E-state index in [0.29, 0.717) is 0 Å². The van der Waals surface area contributed by atoms with Crippen LogP contribution in [-0.2, 0) is 19.1 Å². The zero-order valence-corrected chi connectivity index (χ0v) is 8.80. The summed E-state index contributed by atoms with van der Waals surface area (Å²) < 4.78 is 9.04. The second-order valence-electron chi connectivity index (χ2n) is 3.15. The maximum Gasteiger partial charge on any atom is 0.302 e. The van der Waals surface area contributed by atoms with Gasteiger partial charge in [-0.25, -0.2) is 0 Å². The van der Waals surface area contributed by atoms with Crippen LogP contribution in [0.15, 0.2) is 0 Å². The molecule has 6 heteroatoms. The Morgan fingerprint density at radius 3 is 1.60 bits per heavy atom. The molecule has 0 unspecified atom stereocenters. The summed E-state index contributed by atoms with van der Waals surface area (Å²) in [5, 5.41) is 18.5. The standard InChI is InChI=1S/C9H16O6/c1-6(10)14-4-8(12)3-9(13)5-15-7(2)11/h8-9,12-13H,3-5H2,1-2H3/t8-,9+. The minimum absolute atomic E-state index is 0.0133. The lowest BCUT2D eigenvalue weighted by atomic mass is 10.2. The molecular formula is C9H16O6. The lowest BCUT2D eigenvalue weighted by Gasteiger charge is -2.14. The summed E-state index contributed by atoms with van der Waals surface area (Å²) in [5.74, 6) is -0.993. The first-order valence-electron chi connectivity index (χ1n) is 4.54. The van der Waals surface area contributed by atoms with Crippen LogP contribution < -0.4 is 0 Å². The first-order valence-corrected chi connectivity index (χ1v) is 4.54. The van der Waals surface area contributed by atoms with Crippen LogP contribution >= 0.6 is 0 Å². The van der Waals surface area contributed by atoms with Gasteiger partial charge in [-0.2, -0.15) is 0 Å². The van der Waals surface area contributed by atoms with E-state index in [0.717, 1.165) is 0 Å². The van der Waals surface area contributed by atoms with E-state index in [1.807, 2.05) is 0 Å². The van der Waals surface area contributed by atoms with Crippen LogP contribution in [0.1, 0.15) is 20.3 Å². The van der Waals surface area contributed by atoms with Gasteiger partial charge >= 0.3 is 11.9 Å². The average Bonchev–Trinajstić information content (AvgIpc) is 2.11. The smallest absolute Gasteiger partial charge is 0.302 e. The van der Waals surface area contributed by atoms with Gasteiger partial charge < -0.3 is 19.7 Å². The highest BCUT2D eigenvalue weighted by molar-refractivity contribution is 5.66. The van der Waals surface area contributed by atoms with Gasteiger partial charge in [0.25, 0.3) is 0 Å². The lowest BCUT2D eigenvalue weighted by Crippen LogP contribution is -2.27. The fourth-order valence-electron chi connectivity index (χ4n) is 0.877. The molecule has 0 radical (unpaired) electrons. The molecule has 15 heavy (non-hydrogen) atoms. The normalized spacial score (nSPS) is 14.1. The minimum atomic E-state index is -0.959. The number of ether oxygens (including phenoxy) is 2. The van der Waals surface area contributed by atoms with Gasteiger partial charge in [0.1, 0.15) is 13.2 Å². The number of rotatable bonds is 6. The molecule has 0 saturated heterocycles. The van der Waals surface area contributed by atoms with Crippen LogP contribution in [0, 0.1) is 0 Å². The maximum atomic E-state index is 10.4. The summed E-state index contributed by atoms with van der Waals surface area (Å²) in [7, 11) is 0. The molecule has 0 aliphatic carbocycles. The average molecular weight is 220 g/mol. The molecule has 0 aliphatic rings. The van der Waals surface area contributed by atoms with Crippen molar-refractivity contribution in [2.45, 2.75) is 32.5 Å². The Balaban J connectivity index is 3.61. The number of hydrogen-bond donors (Lipinski definition) is 2. The molecule has 0 aromatic heterocycles. The van der Waals surface area contributed by atoms with Crippen molar-refractivity contribution in [2.24, 2.45) is 0 Å². The highest BCUT2D eigenvalue weighted by Gasteiger charge is 2.14. The highest BCUT2D eigenvalue weighted by atomic mass is 16.5. The Morgan fingerprint density at radius 1 is 1.00 bits per heavy atom. The van der Waals surface area contributed by atoms with Crippen LogP contribution in [0.5, 0.6) is 0 Å². The number of esters is 2. The Kier molecular flexibility index (Phi) is 6.64. The molecule has 2 atom stereocenters. The number of carbonyl (C=O) groups excluding carboxylic acids is 2. The minimum Gasteiger partial charge on any atom is -0.463 e. The Labute approximate surface area is 87.8 Å². The summed E-state index contributed by atoms with van der Waals surface area (Å²) >= 11 is 0. The van der Waals surface area contributed by atoms with Crippen molar-refractivity contribution in [2.75, 3.05) is 13.2 Å². The third kappa shape index (κ3) is 9.17. The Hall–Kier alpha value is -1.14. The summed E-state index contributed by atoms with van der Waals surface area (Å²) in [5.41, 5.74) is 0. The second kappa shape index (κ2) is 7.19. The van der Waals surface area contributed by atoms with E-state index >= 15 is 0 Å². The van der Waals surface area contributed by atoms with Gasteiger partial charge in [0, 0.05) is 20.3 Å².